The van der Waals surface area contributed by atoms with Crippen molar-refractivity contribution in [1.29, 1.82) is 0 Å². The number of hydrogen-bond donors (Lipinski definition) is 1. The fourth-order valence-corrected chi connectivity index (χ4v) is 3.22. The first-order chi connectivity index (χ1) is 11.7. The minimum Gasteiger partial charge on any atom is -0.289 e. The lowest BCUT2D eigenvalue weighted by Crippen LogP contribution is -2.40. The van der Waals surface area contributed by atoms with Crippen LogP contribution in [0.5, 0.6) is 0 Å². The van der Waals surface area contributed by atoms with Crippen LogP contribution in [0, 0.1) is 0 Å². The molecule has 0 aliphatic rings. The molecule has 0 aliphatic heterocycles. The van der Waals surface area contributed by atoms with Crippen LogP contribution in [0.15, 0.2) is 66.0 Å². The Hall–Kier alpha value is -2.66. The van der Waals surface area contributed by atoms with E-state index in [-0.39, 0.29) is 12.3 Å². The first kappa shape index (κ1) is 16.2. The summed E-state index contributed by atoms with van der Waals surface area (Å²) in [6.07, 6.45) is 1.08. The number of para-hydroxylation sites is 1. The van der Waals surface area contributed by atoms with Gasteiger partial charge in [0.05, 0.1) is 22.8 Å². The van der Waals surface area contributed by atoms with E-state index in [1.54, 1.807) is 16.3 Å². The van der Waals surface area contributed by atoms with Crippen molar-refractivity contribution in [3.05, 3.63) is 82.3 Å². The smallest absolute Gasteiger partial charge is 0.244 e. The maximum absolute atomic E-state index is 12.2. The molecule has 0 spiro atoms. The number of carbonyl (C=O) groups is 1. The number of anilines is 1. The first-order valence-electron chi connectivity index (χ1n) is 7.76. The number of nitrogens with zero attached hydrogens (tertiary/aromatic N) is 2. The first-order valence-corrected chi connectivity index (χ1v) is 8.64. The monoisotopic (exact) mass is 337 g/mol. The zero-order valence-corrected chi connectivity index (χ0v) is 14.3. The number of thiazole rings is 1. The van der Waals surface area contributed by atoms with Crippen LogP contribution >= 0.6 is 11.3 Å². The minimum absolute atomic E-state index is 0.0714. The van der Waals surface area contributed by atoms with Gasteiger partial charge < -0.3 is 0 Å². The highest BCUT2D eigenvalue weighted by molar-refractivity contribution is 7.09. The lowest BCUT2D eigenvalue weighted by molar-refractivity contribution is -0.120. The molecule has 0 fully saturated rings. The molecule has 1 aromatic heterocycles. The molecule has 2 aromatic carbocycles. The van der Waals surface area contributed by atoms with E-state index in [1.807, 2.05) is 61.0 Å². The minimum atomic E-state index is -0.0714. The van der Waals surface area contributed by atoms with Gasteiger partial charge in [-0.3, -0.25) is 15.2 Å². The number of hydrazine groups is 1. The molecule has 24 heavy (non-hydrogen) atoms. The second-order valence-corrected chi connectivity index (χ2v) is 6.44. The van der Waals surface area contributed by atoms with Gasteiger partial charge in [-0.25, -0.2) is 4.98 Å². The Morgan fingerprint density at radius 3 is 2.46 bits per heavy atom. The summed E-state index contributed by atoms with van der Waals surface area (Å²) in [6, 6.07) is 19.9. The van der Waals surface area contributed by atoms with Gasteiger partial charge >= 0.3 is 0 Å². The van der Waals surface area contributed by atoms with Crippen LogP contribution in [-0.4, -0.2) is 17.9 Å². The summed E-state index contributed by atoms with van der Waals surface area (Å²) in [7, 11) is 1.83. The number of nitrogens with one attached hydrogen (secondary N) is 1. The van der Waals surface area contributed by atoms with Crippen LogP contribution < -0.4 is 10.4 Å². The summed E-state index contributed by atoms with van der Waals surface area (Å²) in [5, 5.41) is 4.71. The maximum atomic E-state index is 12.2. The molecule has 0 aliphatic carbocycles. The topological polar surface area (TPSA) is 45.2 Å². The number of amides is 1. The largest absolute Gasteiger partial charge is 0.289 e. The third-order valence-corrected chi connectivity index (χ3v) is 4.47. The summed E-state index contributed by atoms with van der Waals surface area (Å²) < 4.78 is 0. The fourth-order valence-electron chi connectivity index (χ4n) is 2.39. The van der Waals surface area contributed by atoms with Gasteiger partial charge in [0.25, 0.3) is 0 Å². The van der Waals surface area contributed by atoms with Crippen molar-refractivity contribution < 1.29 is 4.79 Å². The number of rotatable bonds is 6. The Morgan fingerprint density at radius 1 is 1.08 bits per heavy atom. The molecule has 3 rings (SSSR count). The number of carbonyl (C=O) groups excluding carboxylic acids is 1. The average Bonchev–Trinajstić information content (AvgIpc) is 3.03. The second kappa shape index (κ2) is 7.75. The van der Waals surface area contributed by atoms with Gasteiger partial charge in [0, 0.05) is 18.8 Å². The summed E-state index contributed by atoms with van der Waals surface area (Å²) >= 11 is 1.60. The molecule has 0 unspecified atom stereocenters. The predicted molar refractivity (Wildman–Crippen MR) is 98.1 cm³/mol. The van der Waals surface area contributed by atoms with Crippen molar-refractivity contribution in [3.63, 3.8) is 0 Å². The molecule has 122 valence electrons. The van der Waals surface area contributed by atoms with Crippen LogP contribution in [0.4, 0.5) is 5.69 Å². The Kier molecular flexibility index (Phi) is 5.23. The van der Waals surface area contributed by atoms with E-state index in [2.05, 4.69) is 22.5 Å². The van der Waals surface area contributed by atoms with Crippen LogP contribution in [0.1, 0.15) is 16.3 Å². The molecular weight excluding hydrogens is 318 g/mol. The molecule has 1 amide bonds. The molecule has 3 aromatic rings. The van der Waals surface area contributed by atoms with Gasteiger partial charge in [0.2, 0.25) is 5.91 Å². The zero-order valence-electron chi connectivity index (χ0n) is 13.5. The van der Waals surface area contributed by atoms with Crippen LogP contribution in [0.25, 0.3) is 0 Å². The molecule has 0 atom stereocenters. The van der Waals surface area contributed by atoms with E-state index in [0.717, 1.165) is 22.8 Å². The quantitative estimate of drug-likeness (QED) is 0.701. The third-order valence-electron chi connectivity index (χ3n) is 3.58. The van der Waals surface area contributed by atoms with Crippen molar-refractivity contribution in [1.82, 2.24) is 10.4 Å². The standard InChI is InChI=1S/C19H19N3OS/c1-22(17-10-6-3-7-11-17)21-18(23)13-16-14-24-19(20-16)12-15-8-4-2-5-9-15/h2-11,14H,12-13H2,1H3,(H,21,23). The lowest BCUT2D eigenvalue weighted by Gasteiger charge is -2.19. The van der Waals surface area contributed by atoms with E-state index >= 15 is 0 Å². The van der Waals surface area contributed by atoms with Crippen molar-refractivity contribution in [3.8, 4) is 0 Å². The molecule has 1 N–H and O–H groups in total. The highest BCUT2D eigenvalue weighted by Crippen LogP contribution is 2.15. The van der Waals surface area contributed by atoms with Gasteiger partial charge in [-0.05, 0) is 17.7 Å². The molecule has 5 heteroatoms. The summed E-state index contributed by atoms with van der Waals surface area (Å²) in [4.78, 5) is 16.7. The third kappa shape index (κ3) is 4.43. The highest BCUT2D eigenvalue weighted by Gasteiger charge is 2.10. The Bertz CT molecular complexity index is 787. The normalized spacial score (nSPS) is 10.4. The number of aromatic nitrogens is 1. The molecule has 0 bridgehead atoms. The van der Waals surface area contributed by atoms with E-state index in [9.17, 15) is 4.79 Å². The van der Waals surface area contributed by atoms with Crippen molar-refractivity contribution in [2.24, 2.45) is 0 Å². The molecule has 0 radical (unpaired) electrons. The summed E-state index contributed by atoms with van der Waals surface area (Å²) in [6.45, 7) is 0. The molecule has 4 nitrogen and oxygen atoms in total. The second-order valence-electron chi connectivity index (χ2n) is 5.50. The van der Waals surface area contributed by atoms with Gasteiger partial charge in [-0.15, -0.1) is 11.3 Å². The van der Waals surface area contributed by atoms with Gasteiger partial charge in [-0.1, -0.05) is 48.5 Å². The average molecular weight is 337 g/mol. The molecule has 0 saturated heterocycles. The highest BCUT2D eigenvalue weighted by atomic mass is 32.1. The van der Waals surface area contributed by atoms with Crippen molar-refractivity contribution in [2.45, 2.75) is 12.8 Å². The van der Waals surface area contributed by atoms with Crippen LogP contribution in [0.2, 0.25) is 0 Å². The van der Waals surface area contributed by atoms with Crippen LogP contribution in [-0.2, 0) is 17.6 Å². The van der Waals surface area contributed by atoms with Gasteiger partial charge in [-0.2, -0.15) is 0 Å². The van der Waals surface area contributed by atoms with Gasteiger partial charge in [0.15, 0.2) is 0 Å². The number of benzene rings is 2. The van der Waals surface area contributed by atoms with E-state index in [0.29, 0.717) is 0 Å². The van der Waals surface area contributed by atoms with Crippen molar-refractivity contribution >= 4 is 22.9 Å². The summed E-state index contributed by atoms with van der Waals surface area (Å²) in [5.74, 6) is -0.0714. The van der Waals surface area contributed by atoms with E-state index < -0.39 is 0 Å². The lowest BCUT2D eigenvalue weighted by atomic mass is 10.2. The van der Waals surface area contributed by atoms with Crippen molar-refractivity contribution in [2.75, 3.05) is 12.1 Å². The fraction of sp³-hybridized carbons (Fsp3) is 0.158. The van der Waals surface area contributed by atoms with E-state index in [4.69, 9.17) is 0 Å². The predicted octanol–water partition coefficient (Wildman–Crippen LogP) is 3.44. The van der Waals surface area contributed by atoms with E-state index in [1.165, 1.54) is 5.56 Å². The Balaban J connectivity index is 1.55. The van der Waals surface area contributed by atoms with Gasteiger partial charge in [0.1, 0.15) is 0 Å². The van der Waals surface area contributed by atoms with Crippen LogP contribution in [0.3, 0.4) is 0 Å². The summed E-state index contributed by atoms with van der Waals surface area (Å²) in [5.41, 5.74) is 5.84. The molecule has 0 saturated carbocycles. The maximum Gasteiger partial charge on any atom is 0.244 e. The molecular formula is C19H19N3OS. The molecule has 1 heterocycles. The zero-order chi connectivity index (χ0) is 16.8. The number of hydrogen-bond acceptors (Lipinski definition) is 4. The Labute approximate surface area is 145 Å². The Morgan fingerprint density at radius 2 is 1.75 bits per heavy atom. The SMILES string of the molecule is CN(NC(=O)Cc1csc(Cc2ccccc2)n1)c1ccccc1.